The summed E-state index contributed by atoms with van der Waals surface area (Å²) in [6.07, 6.45) is 2.19. The van der Waals surface area contributed by atoms with Crippen LogP contribution in [0.25, 0.3) is 0 Å². The number of carbonyl (C=O) groups excluding carboxylic acids is 1. The van der Waals surface area contributed by atoms with Crippen LogP contribution in [0.1, 0.15) is 47.1 Å². The van der Waals surface area contributed by atoms with Crippen LogP contribution in [0.4, 0.5) is 0 Å². The van der Waals surface area contributed by atoms with E-state index < -0.39 is 0 Å². The van der Waals surface area contributed by atoms with Crippen molar-refractivity contribution in [3.63, 3.8) is 0 Å². The van der Waals surface area contributed by atoms with Gasteiger partial charge in [0.15, 0.2) is 0 Å². The van der Waals surface area contributed by atoms with E-state index in [1.807, 2.05) is 38.1 Å². The Kier molecular flexibility index (Phi) is 7.77. The van der Waals surface area contributed by atoms with Gasteiger partial charge in [0.1, 0.15) is 5.76 Å². The number of nitrogens with one attached hydrogen (secondary N) is 2. The molecular weight excluding hydrogens is 382 g/mol. The van der Waals surface area contributed by atoms with Gasteiger partial charge in [-0.2, -0.15) is 0 Å². The van der Waals surface area contributed by atoms with Crippen LogP contribution in [0, 0.1) is 19.3 Å². The van der Waals surface area contributed by atoms with E-state index in [1.54, 1.807) is 11.8 Å². The quantitative estimate of drug-likeness (QED) is 0.702. The zero-order valence-electron chi connectivity index (χ0n) is 16.1. The third-order valence-corrected chi connectivity index (χ3v) is 6.27. The first-order valence-electron chi connectivity index (χ1n) is 9.11. The van der Waals surface area contributed by atoms with Gasteiger partial charge in [0.05, 0.1) is 11.3 Å². The lowest BCUT2D eigenvalue weighted by atomic mass is 9.81. The number of rotatable bonds is 6. The van der Waals surface area contributed by atoms with Crippen molar-refractivity contribution in [1.82, 2.24) is 15.8 Å². The summed E-state index contributed by atoms with van der Waals surface area (Å²) in [6.45, 7) is 8.90. The summed E-state index contributed by atoms with van der Waals surface area (Å²) in [5.74, 6) is 1.59. The molecule has 2 N–H and O–H groups in total. The zero-order valence-corrected chi connectivity index (χ0v) is 17.8. The molecule has 1 aliphatic rings. The Bertz CT molecular complexity index is 753. The summed E-state index contributed by atoms with van der Waals surface area (Å²) in [5, 5.41) is 10.5. The largest absolute Gasteiger partial charge is 0.361 e. The Morgan fingerprint density at radius 1 is 1.30 bits per heavy atom. The molecule has 0 aliphatic carbocycles. The number of hydrogen-bond acceptors (Lipinski definition) is 5. The number of benzene rings is 1. The van der Waals surface area contributed by atoms with Crippen molar-refractivity contribution < 1.29 is 9.32 Å². The molecule has 3 rings (SSSR count). The highest BCUT2D eigenvalue weighted by atomic mass is 35.5. The van der Waals surface area contributed by atoms with Crippen molar-refractivity contribution in [3.05, 3.63) is 46.8 Å². The number of carbonyl (C=O) groups is 1. The number of aromatic nitrogens is 1. The molecule has 0 radical (unpaired) electrons. The van der Waals surface area contributed by atoms with E-state index in [0.717, 1.165) is 65.7 Å². The summed E-state index contributed by atoms with van der Waals surface area (Å²) in [6, 6.07) is 7.79. The van der Waals surface area contributed by atoms with Gasteiger partial charge in [-0.3, -0.25) is 4.79 Å². The molecule has 2 heterocycles. The van der Waals surface area contributed by atoms with E-state index in [4.69, 9.17) is 4.52 Å². The molecule has 0 saturated carbocycles. The van der Waals surface area contributed by atoms with E-state index in [1.165, 1.54) is 0 Å². The fraction of sp³-hybridized carbons (Fsp3) is 0.500. The normalized spacial score (nSPS) is 15.8. The molecule has 1 aromatic heterocycles. The Morgan fingerprint density at radius 3 is 2.67 bits per heavy atom. The minimum Gasteiger partial charge on any atom is -0.361 e. The monoisotopic (exact) mass is 409 g/mol. The fourth-order valence-corrected chi connectivity index (χ4v) is 4.44. The fourth-order valence-electron chi connectivity index (χ4n) is 3.23. The minimum absolute atomic E-state index is 0. The molecule has 1 amide bonds. The summed E-state index contributed by atoms with van der Waals surface area (Å²) >= 11 is 1.65. The average molecular weight is 410 g/mol. The summed E-state index contributed by atoms with van der Waals surface area (Å²) in [7, 11) is 0. The van der Waals surface area contributed by atoms with Crippen LogP contribution in [0.3, 0.4) is 0 Å². The second-order valence-electron chi connectivity index (χ2n) is 7.33. The second kappa shape index (κ2) is 9.62. The number of amides is 1. The highest BCUT2D eigenvalue weighted by Gasteiger charge is 2.27. The zero-order chi connectivity index (χ0) is 18.6. The number of nitrogens with zero attached hydrogens (tertiary/aromatic N) is 1. The molecule has 1 aromatic carbocycles. The topological polar surface area (TPSA) is 67.2 Å². The van der Waals surface area contributed by atoms with E-state index in [9.17, 15) is 4.79 Å². The van der Waals surface area contributed by atoms with Crippen molar-refractivity contribution in [3.8, 4) is 0 Å². The van der Waals surface area contributed by atoms with E-state index >= 15 is 0 Å². The standard InChI is InChI=1S/C20H27N3O2S.ClH/c1-14-17(15(2)25-23-14)12-26-18-7-5-4-6-16(18)19(24)22-13-20(3)8-10-21-11-9-20;/h4-7,21H,8-13H2,1-3H3,(H,22,24);1H. The van der Waals surface area contributed by atoms with Crippen LogP contribution in [0.5, 0.6) is 0 Å². The summed E-state index contributed by atoms with van der Waals surface area (Å²) in [5.41, 5.74) is 2.93. The third kappa shape index (κ3) is 5.50. The molecule has 0 spiro atoms. The number of thioether (sulfide) groups is 1. The predicted molar refractivity (Wildman–Crippen MR) is 112 cm³/mol. The van der Waals surface area contributed by atoms with Gasteiger partial charge < -0.3 is 15.2 Å². The minimum atomic E-state index is 0. The van der Waals surface area contributed by atoms with Crippen molar-refractivity contribution in [2.45, 2.75) is 44.3 Å². The van der Waals surface area contributed by atoms with Crippen LogP contribution in [0.2, 0.25) is 0 Å². The van der Waals surface area contributed by atoms with Crippen LogP contribution >= 0.6 is 24.2 Å². The van der Waals surface area contributed by atoms with Gasteiger partial charge in [-0.1, -0.05) is 24.2 Å². The molecule has 0 unspecified atom stereocenters. The average Bonchev–Trinajstić information content (AvgIpc) is 2.97. The number of hydrogen-bond donors (Lipinski definition) is 2. The van der Waals surface area contributed by atoms with Crippen molar-refractivity contribution in [2.75, 3.05) is 19.6 Å². The van der Waals surface area contributed by atoms with Gasteiger partial charge in [0.2, 0.25) is 0 Å². The number of piperidine rings is 1. The van der Waals surface area contributed by atoms with Crippen LogP contribution in [-0.4, -0.2) is 30.7 Å². The van der Waals surface area contributed by atoms with Gasteiger partial charge in [0, 0.05) is 22.8 Å². The third-order valence-electron chi connectivity index (χ3n) is 5.17. The molecule has 0 atom stereocenters. The number of aryl methyl sites for hydroxylation is 2. The molecule has 2 aromatic rings. The lowest BCUT2D eigenvalue weighted by molar-refractivity contribution is 0.0919. The molecule has 1 aliphatic heterocycles. The first kappa shape index (κ1) is 21.8. The lowest BCUT2D eigenvalue weighted by Gasteiger charge is -2.34. The highest BCUT2D eigenvalue weighted by Crippen LogP contribution is 2.30. The molecule has 1 fully saturated rings. The van der Waals surface area contributed by atoms with Crippen LogP contribution < -0.4 is 10.6 Å². The van der Waals surface area contributed by atoms with E-state index in [-0.39, 0.29) is 23.7 Å². The highest BCUT2D eigenvalue weighted by molar-refractivity contribution is 7.98. The van der Waals surface area contributed by atoms with Gasteiger partial charge in [-0.25, -0.2) is 0 Å². The van der Waals surface area contributed by atoms with Gasteiger partial charge in [-0.15, -0.1) is 24.2 Å². The summed E-state index contributed by atoms with van der Waals surface area (Å²) in [4.78, 5) is 13.8. The molecule has 1 saturated heterocycles. The summed E-state index contributed by atoms with van der Waals surface area (Å²) < 4.78 is 5.23. The van der Waals surface area contributed by atoms with Gasteiger partial charge >= 0.3 is 0 Å². The molecule has 0 bridgehead atoms. The maximum absolute atomic E-state index is 12.8. The van der Waals surface area contributed by atoms with Crippen LogP contribution in [0.15, 0.2) is 33.7 Å². The molecule has 5 nitrogen and oxygen atoms in total. The van der Waals surface area contributed by atoms with Crippen LogP contribution in [-0.2, 0) is 5.75 Å². The van der Waals surface area contributed by atoms with Crippen molar-refractivity contribution in [2.24, 2.45) is 5.41 Å². The lowest BCUT2D eigenvalue weighted by Crippen LogP contribution is -2.43. The Hall–Kier alpha value is -1.50. The Balaban J connectivity index is 0.00000261. The maximum Gasteiger partial charge on any atom is 0.252 e. The Morgan fingerprint density at radius 2 is 2.00 bits per heavy atom. The van der Waals surface area contributed by atoms with E-state index in [0.29, 0.717) is 0 Å². The van der Waals surface area contributed by atoms with Gasteiger partial charge in [0.25, 0.3) is 5.91 Å². The first-order valence-corrected chi connectivity index (χ1v) is 10.1. The van der Waals surface area contributed by atoms with Gasteiger partial charge in [-0.05, 0) is 57.3 Å². The smallest absolute Gasteiger partial charge is 0.252 e. The molecule has 7 heteroatoms. The SMILES string of the molecule is Cc1noc(C)c1CSc1ccccc1C(=O)NCC1(C)CCNCC1.Cl. The van der Waals surface area contributed by atoms with E-state index in [2.05, 4.69) is 22.7 Å². The maximum atomic E-state index is 12.8. The Labute approximate surface area is 171 Å². The van der Waals surface area contributed by atoms with Crippen molar-refractivity contribution in [1.29, 1.82) is 0 Å². The molecule has 148 valence electrons. The number of halogens is 1. The molecular formula is C20H28ClN3O2S. The van der Waals surface area contributed by atoms with Crippen molar-refractivity contribution >= 4 is 30.1 Å². The first-order chi connectivity index (χ1) is 12.5. The molecule has 27 heavy (non-hydrogen) atoms. The second-order valence-corrected chi connectivity index (χ2v) is 8.35. The predicted octanol–water partition coefficient (Wildman–Crippen LogP) is 4.13.